The van der Waals surface area contributed by atoms with Gasteiger partial charge in [-0.2, -0.15) is 5.10 Å². The number of carbonyl (C=O) groups is 1. The van der Waals surface area contributed by atoms with Crippen molar-refractivity contribution >= 4 is 12.1 Å². The summed E-state index contributed by atoms with van der Waals surface area (Å²) in [6.07, 6.45) is 3.57. The number of halogens is 1. The second-order valence-corrected chi connectivity index (χ2v) is 4.95. The minimum atomic E-state index is -0.398. The third-order valence-corrected chi connectivity index (χ3v) is 3.15. The molecule has 0 spiro atoms. The fraction of sp³-hybridized carbons (Fsp3) is 0.222. The Kier molecular flexibility index (Phi) is 6.29. The van der Waals surface area contributed by atoms with Crippen LogP contribution in [0, 0.1) is 5.82 Å². The van der Waals surface area contributed by atoms with Crippen LogP contribution in [-0.4, -0.2) is 18.7 Å². The van der Waals surface area contributed by atoms with E-state index in [0.717, 1.165) is 24.2 Å². The summed E-state index contributed by atoms with van der Waals surface area (Å²) in [6, 6.07) is 12.7. The Morgan fingerprint density at radius 2 is 1.96 bits per heavy atom. The van der Waals surface area contributed by atoms with E-state index in [1.165, 1.54) is 30.5 Å². The topological polar surface area (TPSA) is 50.7 Å². The quantitative estimate of drug-likeness (QED) is 0.480. The number of ether oxygens (including phenoxy) is 1. The average Bonchev–Trinajstić information content (AvgIpc) is 2.57. The van der Waals surface area contributed by atoms with Gasteiger partial charge in [0.1, 0.15) is 11.6 Å². The monoisotopic (exact) mass is 314 g/mol. The van der Waals surface area contributed by atoms with Crippen molar-refractivity contribution in [2.45, 2.75) is 19.8 Å². The van der Waals surface area contributed by atoms with Gasteiger partial charge in [-0.15, -0.1) is 0 Å². The van der Waals surface area contributed by atoms with E-state index in [1.54, 1.807) is 0 Å². The molecule has 0 aliphatic heterocycles. The number of nitrogens with one attached hydrogen (secondary N) is 1. The number of hydrogen-bond acceptors (Lipinski definition) is 3. The molecule has 0 aliphatic carbocycles. The first kappa shape index (κ1) is 16.7. The number of hydrogen-bond donors (Lipinski definition) is 1. The molecule has 5 heteroatoms. The van der Waals surface area contributed by atoms with E-state index in [4.69, 9.17) is 4.74 Å². The SMILES string of the molecule is CCCCOc1ccccc1/C=N/NC(=O)c1ccc(F)cc1. The largest absolute Gasteiger partial charge is 0.493 e. The van der Waals surface area contributed by atoms with Gasteiger partial charge in [-0.1, -0.05) is 25.5 Å². The highest BCUT2D eigenvalue weighted by molar-refractivity contribution is 5.95. The van der Waals surface area contributed by atoms with E-state index in [2.05, 4.69) is 17.5 Å². The maximum Gasteiger partial charge on any atom is 0.271 e. The van der Waals surface area contributed by atoms with Gasteiger partial charge in [0, 0.05) is 11.1 Å². The summed E-state index contributed by atoms with van der Waals surface area (Å²) in [5.41, 5.74) is 3.54. The molecule has 0 radical (unpaired) electrons. The number of nitrogens with zero attached hydrogens (tertiary/aromatic N) is 1. The summed E-state index contributed by atoms with van der Waals surface area (Å²) in [5.74, 6) is -0.0606. The van der Waals surface area contributed by atoms with E-state index in [0.29, 0.717) is 12.2 Å². The number of amides is 1. The molecule has 23 heavy (non-hydrogen) atoms. The Labute approximate surface area is 135 Å². The van der Waals surface area contributed by atoms with E-state index in [1.807, 2.05) is 24.3 Å². The van der Waals surface area contributed by atoms with Crippen LogP contribution in [0.25, 0.3) is 0 Å². The number of unbranched alkanes of at least 4 members (excludes halogenated alkanes) is 1. The van der Waals surface area contributed by atoms with Crippen LogP contribution in [-0.2, 0) is 0 Å². The van der Waals surface area contributed by atoms with Crippen molar-refractivity contribution in [3.8, 4) is 5.75 Å². The first-order chi connectivity index (χ1) is 11.2. The average molecular weight is 314 g/mol. The lowest BCUT2D eigenvalue weighted by Gasteiger charge is -2.08. The molecule has 2 aromatic rings. The van der Waals surface area contributed by atoms with E-state index >= 15 is 0 Å². The van der Waals surface area contributed by atoms with Crippen molar-refractivity contribution < 1.29 is 13.9 Å². The predicted octanol–water partition coefficient (Wildman–Crippen LogP) is 3.77. The van der Waals surface area contributed by atoms with Gasteiger partial charge in [-0.25, -0.2) is 9.82 Å². The predicted molar refractivity (Wildman–Crippen MR) is 88.3 cm³/mol. The maximum atomic E-state index is 12.8. The van der Waals surface area contributed by atoms with Gasteiger partial charge in [0.25, 0.3) is 5.91 Å². The minimum Gasteiger partial charge on any atom is -0.493 e. The number of para-hydroxylation sites is 1. The molecule has 0 bridgehead atoms. The van der Waals surface area contributed by atoms with Crippen molar-refractivity contribution in [2.24, 2.45) is 5.10 Å². The van der Waals surface area contributed by atoms with Crippen LogP contribution in [0.3, 0.4) is 0 Å². The van der Waals surface area contributed by atoms with Gasteiger partial charge in [-0.05, 0) is 42.8 Å². The maximum absolute atomic E-state index is 12.8. The van der Waals surface area contributed by atoms with Gasteiger partial charge >= 0.3 is 0 Å². The summed E-state index contributed by atoms with van der Waals surface area (Å²) in [4.78, 5) is 11.9. The zero-order valence-electron chi connectivity index (χ0n) is 13.0. The molecule has 0 atom stereocenters. The van der Waals surface area contributed by atoms with Crippen molar-refractivity contribution in [2.75, 3.05) is 6.61 Å². The summed E-state index contributed by atoms with van der Waals surface area (Å²) < 4.78 is 18.5. The lowest BCUT2D eigenvalue weighted by molar-refractivity contribution is 0.0955. The molecule has 0 aromatic heterocycles. The van der Waals surface area contributed by atoms with Gasteiger partial charge < -0.3 is 4.74 Å². The third kappa shape index (κ3) is 5.21. The molecule has 0 heterocycles. The van der Waals surface area contributed by atoms with Crippen LogP contribution >= 0.6 is 0 Å². The molecular formula is C18H19FN2O2. The number of benzene rings is 2. The smallest absolute Gasteiger partial charge is 0.271 e. The standard InChI is InChI=1S/C18H19FN2O2/c1-2-3-12-23-17-7-5-4-6-15(17)13-20-21-18(22)14-8-10-16(19)11-9-14/h4-11,13H,2-3,12H2,1H3,(H,21,22)/b20-13+. The highest BCUT2D eigenvalue weighted by atomic mass is 19.1. The van der Waals surface area contributed by atoms with Gasteiger partial charge in [-0.3, -0.25) is 4.79 Å². The van der Waals surface area contributed by atoms with Crippen LogP contribution in [0.5, 0.6) is 5.75 Å². The summed E-state index contributed by atoms with van der Waals surface area (Å²) in [5, 5.41) is 3.93. The number of rotatable bonds is 7. The van der Waals surface area contributed by atoms with Gasteiger partial charge in [0.05, 0.1) is 12.8 Å². The van der Waals surface area contributed by atoms with Crippen LogP contribution in [0.1, 0.15) is 35.7 Å². The van der Waals surface area contributed by atoms with Crippen molar-refractivity contribution in [3.63, 3.8) is 0 Å². The van der Waals surface area contributed by atoms with Crippen molar-refractivity contribution in [1.82, 2.24) is 5.43 Å². The van der Waals surface area contributed by atoms with Crippen LogP contribution < -0.4 is 10.2 Å². The number of hydrazone groups is 1. The fourth-order valence-electron chi connectivity index (χ4n) is 1.87. The second kappa shape index (κ2) is 8.68. The van der Waals surface area contributed by atoms with Crippen LogP contribution in [0.4, 0.5) is 4.39 Å². The Morgan fingerprint density at radius 3 is 2.70 bits per heavy atom. The van der Waals surface area contributed by atoms with E-state index < -0.39 is 5.91 Å². The molecule has 0 saturated carbocycles. The molecule has 4 nitrogen and oxygen atoms in total. The minimum absolute atomic E-state index is 0.344. The molecule has 0 aliphatic rings. The van der Waals surface area contributed by atoms with E-state index in [9.17, 15) is 9.18 Å². The first-order valence-corrected chi connectivity index (χ1v) is 7.51. The van der Waals surface area contributed by atoms with Crippen molar-refractivity contribution in [3.05, 3.63) is 65.5 Å². The zero-order valence-corrected chi connectivity index (χ0v) is 13.0. The molecule has 1 N–H and O–H groups in total. The number of carbonyl (C=O) groups excluding carboxylic acids is 1. The van der Waals surface area contributed by atoms with Crippen molar-refractivity contribution in [1.29, 1.82) is 0 Å². The first-order valence-electron chi connectivity index (χ1n) is 7.51. The van der Waals surface area contributed by atoms with Crippen LogP contribution in [0.2, 0.25) is 0 Å². The molecule has 0 unspecified atom stereocenters. The molecule has 2 aromatic carbocycles. The molecule has 0 fully saturated rings. The fourth-order valence-corrected chi connectivity index (χ4v) is 1.87. The highest BCUT2D eigenvalue weighted by Crippen LogP contribution is 2.16. The lowest BCUT2D eigenvalue weighted by atomic mass is 10.2. The highest BCUT2D eigenvalue weighted by Gasteiger charge is 2.04. The van der Waals surface area contributed by atoms with E-state index in [-0.39, 0.29) is 5.82 Å². The lowest BCUT2D eigenvalue weighted by Crippen LogP contribution is -2.17. The van der Waals surface area contributed by atoms with Crippen LogP contribution in [0.15, 0.2) is 53.6 Å². The summed E-state index contributed by atoms with van der Waals surface area (Å²) in [7, 11) is 0. The molecule has 0 saturated heterocycles. The Hall–Kier alpha value is -2.69. The molecular weight excluding hydrogens is 295 g/mol. The second-order valence-electron chi connectivity index (χ2n) is 4.95. The molecule has 120 valence electrons. The Bertz CT molecular complexity index is 669. The zero-order chi connectivity index (χ0) is 16.5. The Balaban J connectivity index is 1.97. The molecule has 1 amide bonds. The third-order valence-electron chi connectivity index (χ3n) is 3.15. The molecule has 2 rings (SSSR count). The summed E-state index contributed by atoms with van der Waals surface area (Å²) in [6.45, 7) is 2.74. The van der Waals surface area contributed by atoms with Gasteiger partial charge in [0.15, 0.2) is 0 Å². The normalized spacial score (nSPS) is 10.7. The van der Waals surface area contributed by atoms with Gasteiger partial charge in [0.2, 0.25) is 0 Å². The summed E-state index contributed by atoms with van der Waals surface area (Å²) >= 11 is 0. The Morgan fingerprint density at radius 1 is 1.22 bits per heavy atom.